The molecule has 4 heteroatoms. The lowest BCUT2D eigenvalue weighted by atomic mass is 9.98. The van der Waals surface area contributed by atoms with Crippen molar-refractivity contribution in [2.24, 2.45) is 0 Å². The summed E-state index contributed by atoms with van der Waals surface area (Å²) in [6, 6.07) is 8.35. The smallest absolute Gasteiger partial charge is 0.122 e. The molecule has 2 unspecified atom stereocenters. The van der Waals surface area contributed by atoms with Crippen LogP contribution in [0.25, 0.3) is 0 Å². The quantitative estimate of drug-likeness (QED) is 0.801. The molecule has 2 heterocycles. The topological polar surface area (TPSA) is 21.7 Å². The molecule has 20 heavy (non-hydrogen) atoms. The van der Waals surface area contributed by atoms with Crippen LogP contribution in [0.4, 0.5) is 0 Å². The molecule has 1 fully saturated rings. The van der Waals surface area contributed by atoms with E-state index in [0.717, 1.165) is 32.0 Å². The van der Waals surface area contributed by atoms with Crippen LogP contribution in [0.3, 0.4) is 0 Å². The Kier molecular flexibility index (Phi) is 3.93. The Morgan fingerprint density at radius 2 is 2.15 bits per heavy atom. The fourth-order valence-corrected chi connectivity index (χ4v) is 3.49. The number of morpholine rings is 1. The molecule has 0 aromatic heterocycles. The number of hydrogen-bond acceptors (Lipinski definition) is 3. The van der Waals surface area contributed by atoms with Crippen molar-refractivity contribution in [2.45, 2.75) is 31.5 Å². The van der Waals surface area contributed by atoms with Crippen molar-refractivity contribution >= 4 is 11.6 Å². The maximum Gasteiger partial charge on any atom is 0.122 e. The van der Waals surface area contributed by atoms with Gasteiger partial charge in [0.2, 0.25) is 0 Å². The molecule has 0 spiro atoms. The number of nitrogens with zero attached hydrogens (tertiary/aromatic N) is 1. The van der Waals surface area contributed by atoms with E-state index in [1.54, 1.807) is 0 Å². The summed E-state index contributed by atoms with van der Waals surface area (Å²) in [5.74, 6) is 2.05. The van der Waals surface area contributed by atoms with Crippen LogP contribution in [0.1, 0.15) is 25.3 Å². The van der Waals surface area contributed by atoms with Crippen LogP contribution in [-0.2, 0) is 4.74 Å². The molecule has 3 nitrogen and oxygen atoms in total. The first-order valence-corrected chi connectivity index (χ1v) is 7.79. The molecule has 0 aliphatic carbocycles. The van der Waals surface area contributed by atoms with Gasteiger partial charge < -0.3 is 9.47 Å². The van der Waals surface area contributed by atoms with E-state index in [1.807, 2.05) is 6.07 Å². The van der Waals surface area contributed by atoms with Crippen molar-refractivity contribution in [2.75, 3.05) is 32.1 Å². The number of hydrogen-bond donors (Lipinski definition) is 0. The predicted octanol–water partition coefficient (Wildman–Crippen LogP) is 2.88. The molecule has 2 aliphatic rings. The minimum absolute atomic E-state index is 0.123. The summed E-state index contributed by atoms with van der Waals surface area (Å²) in [7, 11) is 0. The van der Waals surface area contributed by atoms with Gasteiger partial charge in [-0.1, -0.05) is 18.2 Å². The van der Waals surface area contributed by atoms with E-state index in [-0.39, 0.29) is 11.7 Å². The third-order valence-corrected chi connectivity index (χ3v) is 4.35. The maximum atomic E-state index is 5.99. The SMILES string of the molecule is CC1(C)CN(CC2COc3ccccc32)CC(CCl)O1. The van der Waals surface area contributed by atoms with E-state index in [4.69, 9.17) is 21.1 Å². The average molecular weight is 296 g/mol. The van der Waals surface area contributed by atoms with Gasteiger partial charge in [-0.05, 0) is 19.9 Å². The van der Waals surface area contributed by atoms with Gasteiger partial charge in [-0.15, -0.1) is 11.6 Å². The van der Waals surface area contributed by atoms with Gasteiger partial charge in [0.25, 0.3) is 0 Å². The van der Waals surface area contributed by atoms with Crippen LogP contribution < -0.4 is 4.74 Å². The monoisotopic (exact) mass is 295 g/mol. The van der Waals surface area contributed by atoms with Gasteiger partial charge >= 0.3 is 0 Å². The molecule has 0 N–H and O–H groups in total. The first-order chi connectivity index (χ1) is 9.57. The van der Waals surface area contributed by atoms with Crippen LogP contribution >= 0.6 is 11.6 Å². The Labute approximate surface area is 125 Å². The molecule has 1 aromatic carbocycles. The van der Waals surface area contributed by atoms with Gasteiger partial charge in [0.1, 0.15) is 5.75 Å². The number of ether oxygens (including phenoxy) is 2. The second kappa shape index (κ2) is 5.55. The molecule has 110 valence electrons. The van der Waals surface area contributed by atoms with Crippen LogP contribution in [0, 0.1) is 0 Å². The highest BCUT2D eigenvalue weighted by Crippen LogP contribution is 2.35. The fraction of sp³-hybridized carbons (Fsp3) is 0.625. The van der Waals surface area contributed by atoms with E-state index in [0.29, 0.717) is 11.8 Å². The standard InChI is InChI=1S/C16H22ClNO2/c1-16(2)11-18(9-13(7-17)20-16)8-12-10-19-15-6-4-3-5-14(12)15/h3-6,12-13H,7-11H2,1-2H3. The molecular weight excluding hydrogens is 274 g/mol. The third-order valence-electron chi connectivity index (χ3n) is 4.00. The lowest BCUT2D eigenvalue weighted by molar-refractivity contribution is -0.128. The number of rotatable bonds is 3. The summed E-state index contributed by atoms with van der Waals surface area (Å²) in [4.78, 5) is 2.46. The Hall–Kier alpha value is -0.770. The van der Waals surface area contributed by atoms with Crippen LogP contribution in [0.2, 0.25) is 0 Å². The molecule has 0 bridgehead atoms. The van der Waals surface area contributed by atoms with Crippen molar-refractivity contribution in [3.63, 3.8) is 0 Å². The summed E-state index contributed by atoms with van der Waals surface area (Å²) >= 11 is 5.99. The number of halogens is 1. The van der Waals surface area contributed by atoms with E-state index in [1.165, 1.54) is 5.56 Å². The van der Waals surface area contributed by atoms with E-state index >= 15 is 0 Å². The molecule has 2 atom stereocenters. The second-order valence-corrected chi connectivity index (χ2v) is 6.70. The normalized spacial score (nSPS) is 28.9. The highest BCUT2D eigenvalue weighted by molar-refractivity contribution is 6.18. The molecule has 0 saturated carbocycles. The zero-order valence-electron chi connectivity index (χ0n) is 12.1. The summed E-state index contributed by atoms with van der Waals surface area (Å²) in [5, 5.41) is 0. The minimum atomic E-state index is -0.128. The van der Waals surface area contributed by atoms with Crippen molar-refractivity contribution < 1.29 is 9.47 Å². The molecule has 0 amide bonds. The Morgan fingerprint density at radius 1 is 1.35 bits per heavy atom. The van der Waals surface area contributed by atoms with Crippen molar-refractivity contribution in [1.82, 2.24) is 4.90 Å². The first kappa shape index (κ1) is 14.2. The Morgan fingerprint density at radius 3 is 2.95 bits per heavy atom. The second-order valence-electron chi connectivity index (χ2n) is 6.39. The Balaban J connectivity index is 1.69. The van der Waals surface area contributed by atoms with Gasteiger partial charge in [0.05, 0.1) is 18.3 Å². The maximum absolute atomic E-state index is 5.99. The van der Waals surface area contributed by atoms with Crippen LogP contribution in [0.15, 0.2) is 24.3 Å². The number of para-hydroxylation sites is 1. The van der Waals surface area contributed by atoms with Gasteiger partial charge in [0, 0.05) is 37.0 Å². The molecule has 0 radical (unpaired) electrons. The summed E-state index contributed by atoms with van der Waals surface area (Å²) in [6.45, 7) is 7.92. The largest absolute Gasteiger partial charge is 0.493 e. The van der Waals surface area contributed by atoms with Crippen LogP contribution in [-0.4, -0.2) is 48.7 Å². The van der Waals surface area contributed by atoms with E-state index < -0.39 is 0 Å². The average Bonchev–Trinajstić information content (AvgIpc) is 2.80. The zero-order chi connectivity index (χ0) is 14.2. The van der Waals surface area contributed by atoms with E-state index in [9.17, 15) is 0 Å². The molecule has 2 aliphatic heterocycles. The third kappa shape index (κ3) is 2.95. The number of benzene rings is 1. The van der Waals surface area contributed by atoms with Crippen molar-refractivity contribution in [1.29, 1.82) is 0 Å². The molecular formula is C16H22ClNO2. The summed E-state index contributed by atoms with van der Waals surface area (Å²) in [5.41, 5.74) is 1.20. The van der Waals surface area contributed by atoms with Gasteiger partial charge in [-0.3, -0.25) is 4.90 Å². The predicted molar refractivity (Wildman–Crippen MR) is 80.8 cm³/mol. The summed E-state index contributed by atoms with van der Waals surface area (Å²) < 4.78 is 11.8. The fourth-order valence-electron chi connectivity index (χ4n) is 3.33. The highest BCUT2D eigenvalue weighted by atomic mass is 35.5. The van der Waals surface area contributed by atoms with Gasteiger partial charge in [-0.2, -0.15) is 0 Å². The zero-order valence-corrected chi connectivity index (χ0v) is 12.9. The van der Waals surface area contributed by atoms with Gasteiger partial charge in [0.15, 0.2) is 0 Å². The first-order valence-electron chi connectivity index (χ1n) is 7.25. The van der Waals surface area contributed by atoms with Gasteiger partial charge in [-0.25, -0.2) is 0 Å². The van der Waals surface area contributed by atoms with Crippen molar-refractivity contribution in [3.8, 4) is 5.75 Å². The Bertz CT molecular complexity index is 477. The molecule has 1 saturated heterocycles. The van der Waals surface area contributed by atoms with E-state index in [2.05, 4.69) is 36.9 Å². The number of fused-ring (bicyclic) bond motifs is 1. The van der Waals surface area contributed by atoms with Crippen molar-refractivity contribution in [3.05, 3.63) is 29.8 Å². The molecule has 1 aromatic rings. The lowest BCUT2D eigenvalue weighted by Gasteiger charge is -2.43. The lowest BCUT2D eigenvalue weighted by Crippen LogP contribution is -2.54. The minimum Gasteiger partial charge on any atom is -0.493 e. The van der Waals surface area contributed by atoms with Crippen LogP contribution in [0.5, 0.6) is 5.75 Å². The highest BCUT2D eigenvalue weighted by Gasteiger charge is 2.35. The number of alkyl halides is 1. The summed E-state index contributed by atoms with van der Waals surface area (Å²) in [6.07, 6.45) is 0.123. The molecule has 3 rings (SSSR count).